The summed E-state index contributed by atoms with van der Waals surface area (Å²) in [4.78, 5) is 21.1. The summed E-state index contributed by atoms with van der Waals surface area (Å²) >= 11 is 1.50. The minimum absolute atomic E-state index is 0.184. The number of imidazole rings is 1. The normalized spacial score (nSPS) is 10.7. The minimum atomic E-state index is -0.184. The number of hydrogen-bond donors (Lipinski definition) is 1. The van der Waals surface area contributed by atoms with Gasteiger partial charge in [-0.3, -0.25) is 14.2 Å². The fourth-order valence-electron chi connectivity index (χ4n) is 1.60. The number of nitrogens with zero attached hydrogens (tertiary/aromatic N) is 3. The van der Waals surface area contributed by atoms with Gasteiger partial charge in [-0.05, 0) is 12.1 Å². The van der Waals surface area contributed by atoms with Crippen LogP contribution in [0.2, 0.25) is 0 Å². The van der Waals surface area contributed by atoms with E-state index in [1.165, 1.54) is 11.3 Å². The minimum Gasteiger partial charge on any atom is -0.345 e. The third kappa shape index (κ3) is 2.10. The molecule has 0 bridgehead atoms. The number of aromatic nitrogens is 3. The molecule has 0 atom stereocenters. The van der Waals surface area contributed by atoms with Crippen LogP contribution < -0.4 is 5.32 Å². The summed E-state index contributed by atoms with van der Waals surface area (Å²) in [7, 11) is 0. The molecule has 3 aromatic rings. The highest BCUT2D eigenvalue weighted by molar-refractivity contribution is 7.15. The molecule has 0 saturated heterocycles. The molecular formula is C12H10N4OS. The molecule has 0 aliphatic rings. The molecule has 3 heterocycles. The Bertz CT molecular complexity index is 645. The van der Waals surface area contributed by atoms with E-state index in [-0.39, 0.29) is 5.91 Å². The summed E-state index contributed by atoms with van der Waals surface area (Å²) in [6.07, 6.45) is 5.30. The second-order valence-electron chi connectivity index (χ2n) is 3.72. The van der Waals surface area contributed by atoms with E-state index >= 15 is 0 Å². The first-order valence-corrected chi connectivity index (χ1v) is 6.31. The van der Waals surface area contributed by atoms with Gasteiger partial charge >= 0.3 is 0 Å². The predicted octanol–water partition coefficient (Wildman–Crippen LogP) is 1.72. The summed E-state index contributed by atoms with van der Waals surface area (Å²) in [5, 5.41) is 4.72. The number of carbonyl (C=O) groups excluding carboxylic acids is 1. The molecule has 0 spiro atoms. The molecule has 0 radical (unpaired) electrons. The fraction of sp³-hybridized carbons (Fsp3) is 0.0833. The zero-order valence-corrected chi connectivity index (χ0v) is 10.2. The maximum absolute atomic E-state index is 11.9. The van der Waals surface area contributed by atoms with Crippen molar-refractivity contribution in [2.45, 2.75) is 6.54 Å². The number of nitrogens with one attached hydrogen (secondary N) is 1. The zero-order valence-electron chi connectivity index (χ0n) is 9.41. The monoisotopic (exact) mass is 258 g/mol. The van der Waals surface area contributed by atoms with E-state index in [0.717, 1.165) is 10.7 Å². The number of rotatable bonds is 3. The lowest BCUT2D eigenvalue weighted by Crippen LogP contribution is -2.23. The Balaban J connectivity index is 1.70. The lowest BCUT2D eigenvalue weighted by atomic mass is 10.3. The Morgan fingerprint density at radius 2 is 2.39 bits per heavy atom. The van der Waals surface area contributed by atoms with Gasteiger partial charge in [0.25, 0.3) is 5.91 Å². The average molecular weight is 258 g/mol. The van der Waals surface area contributed by atoms with Crippen LogP contribution in [0.5, 0.6) is 0 Å². The number of pyridine rings is 1. The van der Waals surface area contributed by atoms with E-state index in [4.69, 9.17) is 0 Å². The van der Waals surface area contributed by atoms with Gasteiger partial charge in [-0.2, -0.15) is 0 Å². The van der Waals surface area contributed by atoms with Crippen molar-refractivity contribution in [3.05, 3.63) is 53.6 Å². The van der Waals surface area contributed by atoms with Crippen molar-refractivity contribution in [1.82, 2.24) is 19.7 Å². The van der Waals surface area contributed by atoms with Gasteiger partial charge in [0.1, 0.15) is 5.69 Å². The number of fused-ring (bicyclic) bond motifs is 1. The molecule has 0 fully saturated rings. The van der Waals surface area contributed by atoms with Gasteiger partial charge in [0, 0.05) is 24.0 Å². The number of amides is 1. The number of thiazole rings is 1. The van der Waals surface area contributed by atoms with Gasteiger partial charge in [-0.15, -0.1) is 11.3 Å². The molecule has 0 aliphatic carbocycles. The van der Waals surface area contributed by atoms with E-state index in [1.54, 1.807) is 12.4 Å². The van der Waals surface area contributed by atoms with Crippen LogP contribution >= 0.6 is 11.3 Å². The smallest absolute Gasteiger partial charge is 0.271 e. The van der Waals surface area contributed by atoms with Crippen LogP contribution in [0.25, 0.3) is 4.96 Å². The molecular weight excluding hydrogens is 248 g/mol. The highest BCUT2D eigenvalue weighted by Gasteiger charge is 2.10. The van der Waals surface area contributed by atoms with Crippen LogP contribution in [0.3, 0.4) is 0 Å². The van der Waals surface area contributed by atoms with Crippen molar-refractivity contribution < 1.29 is 4.79 Å². The van der Waals surface area contributed by atoms with Crippen LogP contribution in [0.4, 0.5) is 0 Å². The Kier molecular flexibility index (Phi) is 2.77. The maximum Gasteiger partial charge on any atom is 0.271 e. The van der Waals surface area contributed by atoms with Crippen LogP contribution in [0.15, 0.2) is 42.2 Å². The van der Waals surface area contributed by atoms with E-state index in [1.807, 2.05) is 34.2 Å². The molecule has 1 amide bonds. The van der Waals surface area contributed by atoms with E-state index in [2.05, 4.69) is 15.3 Å². The van der Waals surface area contributed by atoms with E-state index in [9.17, 15) is 4.79 Å². The van der Waals surface area contributed by atoms with Gasteiger partial charge in [-0.25, -0.2) is 4.98 Å². The summed E-state index contributed by atoms with van der Waals surface area (Å²) in [6, 6.07) is 5.60. The lowest BCUT2D eigenvalue weighted by Gasteiger charge is -2.01. The van der Waals surface area contributed by atoms with E-state index in [0.29, 0.717) is 12.2 Å². The molecule has 90 valence electrons. The molecule has 0 unspecified atom stereocenters. The van der Waals surface area contributed by atoms with E-state index < -0.39 is 0 Å². The first kappa shape index (κ1) is 10.9. The van der Waals surface area contributed by atoms with Crippen molar-refractivity contribution in [3.63, 3.8) is 0 Å². The molecule has 0 aromatic carbocycles. The molecule has 18 heavy (non-hydrogen) atoms. The molecule has 6 heteroatoms. The average Bonchev–Trinajstić information content (AvgIpc) is 2.98. The van der Waals surface area contributed by atoms with Gasteiger partial charge in [0.2, 0.25) is 0 Å². The van der Waals surface area contributed by atoms with Crippen LogP contribution in [0.1, 0.15) is 16.2 Å². The first-order valence-electron chi connectivity index (χ1n) is 5.43. The molecule has 3 rings (SSSR count). The van der Waals surface area contributed by atoms with Crippen LogP contribution in [-0.2, 0) is 6.54 Å². The summed E-state index contributed by atoms with van der Waals surface area (Å²) in [5.41, 5.74) is 1.25. The largest absolute Gasteiger partial charge is 0.345 e. The Labute approximate surface area is 107 Å². The highest BCUT2D eigenvalue weighted by Crippen LogP contribution is 2.11. The van der Waals surface area contributed by atoms with Crippen molar-refractivity contribution in [1.29, 1.82) is 0 Å². The first-order chi connectivity index (χ1) is 8.83. The summed E-state index contributed by atoms with van der Waals surface area (Å²) < 4.78 is 1.83. The molecule has 1 N–H and O–H groups in total. The van der Waals surface area contributed by atoms with Crippen molar-refractivity contribution in [2.75, 3.05) is 0 Å². The number of hydrogen-bond acceptors (Lipinski definition) is 4. The molecule has 3 aromatic heterocycles. The standard InChI is InChI=1S/C12H10N4OS/c17-11(14-7-9-3-1-2-4-13-9)10-8-16-5-6-18-12(16)15-10/h1-6,8H,7H2,(H,14,17). The molecule has 5 nitrogen and oxygen atoms in total. The van der Waals surface area contributed by atoms with Crippen molar-refractivity contribution >= 4 is 22.2 Å². The van der Waals surface area contributed by atoms with Crippen LogP contribution in [0, 0.1) is 0 Å². The topological polar surface area (TPSA) is 59.3 Å². The summed E-state index contributed by atoms with van der Waals surface area (Å²) in [6.45, 7) is 0.408. The highest BCUT2D eigenvalue weighted by atomic mass is 32.1. The van der Waals surface area contributed by atoms with Crippen LogP contribution in [-0.4, -0.2) is 20.3 Å². The van der Waals surface area contributed by atoms with Crippen molar-refractivity contribution in [3.8, 4) is 0 Å². The second-order valence-corrected chi connectivity index (χ2v) is 4.60. The quantitative estimate of drug-likeness (QED) is 0.778. The van der Waals surface area contributed by atoms with Gasteiger partial charge in [0.15, 0.2) is 4.96 Å². The SMILES string of the molecule is O=C(NCc1ccccn1)c1cn2ccsc2n1. The van der Waals surface area contributed by atoms with Gasteiger partial charge < -0.3 is 5.32 Å². The van der Waals surface area contributed by atoms with Crippen molar-refractivity contribution in [2.24, 2.45) is 0 Å². The Morgan fingerprint density at radius 3 is 3.17 bits per heavy atom. The second kappa shape index (κ2) is 4.58. The Hall–Kier alpha value is -2.21. The zero-order chi connectivity index (χ0) is 12.4. The predicted molar refractivity (Wildman–Crippen MR) is 68.5 cm³/mol. The third-order valence-electron chi connectivity index (χ3n) is 2.48. The Morgan fingerprint density at radius 1 is 1.44 bits per heavy atom. The number of carbonyl (C=O) groups is 1. The van der Waals surface area contributed by atoms with Gasteiger partial charge in [0.05, 0.1) is 12.2 Å². The maximum atomic E-state index is 11.9. The molecule has 0 aliphatic heterocycles. The third-order valence-corrected chi connectivity index (χ3v) is 3.25. The molecule has 0 saturated carbocycles. The van der Waals surface area contributed by atoms with Gasteiger partial charge in [-0.1, -0.05) is 6.07 Å². The lowest BCUT2D eigenvalue weighted by molar-refractivity contribution is 0.0946. The fourth-order valence-corrected chi connectivity index (χ4v) is 2.30. The summed E-state index contributed by atoms with van der Waals surface area (Å²) in [5.74, 6) is -0.184.